The molecule has 0 aliphatic rings. The summed E-state index contributed by atoms with van der Waals surface area (Å²) < 4.78 is 5.76. The van der Waals surface area contributed by atoms with Crippen LogP contribution in [-0.4, -0.2) is 28.8 Å². The highest BCUT2D eigenvalue weighted by Gasteiger charge is 2.24. The number of fused-ring (bicyclic) bond motifs is 3. The number of carboxylic acids is 1. The van der Waals surface area contributed by atoms with E-state index in [-0.39, 0.29) is 18.6 Å². The molecule has 0 spiro atoms. The van der Waals surface area contributed by atoms with E-state index in [0.717, 1.165) is 21.9 Å². The molecule has 6 heteroatoms. The number of aryl methyl sites for hydroxylation is 1. The van der Waals surface area contributed by atoms with E-state index in [1.165, 1.54) is 0 Å². The molecule has 3 aromatic carbocycles. The van der Waals surface area contributed by atoms with Gasteiger partial charge in [0.2, 0.25) is 5.91 Å². The van der Waals surface area contributed by atoms with Gasteiger partial charge in [-0.3, -0.25) is 9.59 Å². The fourth-order valence-corrected chi connectivity index (χ4v) is 3.57. The van der Waals surface area contributed by atoms with Gasteiger partial charge >= 0.3 is 5.97 Å². The maximum Gasteiger partial charge on any atom is 0.326 e. The van der Waals surface area contributed by atoms with Gasteiger partial charge < -0.3 is 14.8 Å². The lowest BCUT2D eigenvalue weighted by Gasteiger charge is -2.14. The Hall–Kier alpha value is -3.93. The summed E-state index contributed by atoms with van der Waals surface area (Å²) in [6.07, 6.45) is 0.319. The number of carbonyl (C=O) groups is 3. The molecule has 1 aromatic heterocycles. The lowest BCUT2D eigenvalue weighted by molar-refractivity contribution is -0.141. The summed E-state index contributed by atoms with van der Waals surface area (Å²) in [6.45, 7) is 0. The van der Waals surface area contributed by atoms with E-state index < -0.39 is 17.9 Å². The number of para-hydroxylation sites is 1. The summed E-state index contributed by atoms with van der Waals surface area (Å²) in [5.41, 5.74) is 2.74. The number of furan rings is 1. The molecule has 0 unspecified atom stereocenters. The van der Waals surface area contributed by atoms with Crippen LogP contribution in [0.15, 0.2) is 77.2 Å². The Morgan fingerprint density at radius 1 is 0.871 bits per heavy atom. The molecule has 0 saturated heterocycles. The van der Waals surface area contributed by atoms with E-state index >= 15 is 0 Å². The minimum Gasteiger partial charge on any atom is -0.480 e. The number of aliphatic carboxylic acids is 1. The maximum atomic E-state index is 12.8. The normalized spacial score (nSPS) is 12.0. The number of amides is 1. The minimum absolute atomic E-state index is 0.148. The molecular weight excluding hydrogens is 394 g/mol. The quantitative estimate of drug-likeness (QED) is 0.417. The first kappa shape index (κ1) is 20.3. The van der Waals surface area contributed by atoms with E-state index in [2.05, 4.69) is 5.32 Å². The molecule has 0 radical (unpaired) electrons. The highest BCUT2D eigenvalue weighted by molar-refractivity contribution is 6.09. The van der Waals surface area contributed by atoms with Crippen molar-refractivity contribution < 1.29 is 23.9 Å². The summed E-state index contributed by atoms with van der Waals surface area (Å²) in [5.74, 6) is -2.00. The van der Waals surface area contributed by atoms with Gasteiger partial charge in [-0.05, 0) is 36.2 Å². The average Bonchev–Trinajstić information content (AvgIpc) is 3.15. The number of hydrogen-bond donors (Lipinski definition) is 2. The van der Waals surface area contributed by atoms with Crippen molar-refractivity contribution in [1.82, 2.24) is 5.32 Å². The van der Waals surface area contributed by atoms with Gasteiger partial charge in [0.1, 0.15) is 17.2 Å². The molecule has 156 valence electrons. The molecule has 4 aromatic rings. The third-order valence-electron chi connectivity index (χ3n) is 5.21. The van der Waals surface area contributed by atoms with Crippen LogP contribution in [0, 0.1) is 0 Å². The van der Waals surface area contributed by atoms with Gasteiger partial charge in [0.05, 0.1) is 0 Å². The SMILES string of the molecule is O=C(CCc1ccccc1)N[C@@H](CC(=O)c1ccc2oc3ccccc3c2c1)C(=O)O. The predicted molar refractivity (Wildman–Crippen MR) is 117 cm³/mol. The van der Waals surface area contributed by atoms with Crippen LogP contribution in [0.1, 0.15) is 28.8 Å². The molecule has 0 aliphatic carbocycles. The van der Waals surface area contributed by atoms with E-state index in [1.54, 1.807) is 18.2 Å². The van der Waals surface area contributed by atoms with Crippen molar-refractivity contribution in [2.45, 2.75) is 25.3 Å². The lowest BCUT2D eigenvalue weighted by Crippen LogP contribution is -2.42. The molecular formula is C25H21NO5. The van der Waals surface area contributed by atoms with Gasteiger partial charge in [-0.25, -0.2) is 4.79 Å². The Morgan fingerprint density at radius 2 is 1.58 bits per heavy atom. The molecule has 2 N–H and O–H groups in total. The van der Waals surface area contributed by atoms with Gasteiger partial charge in [0.25, 0.3) is 0 Å². The van der Waals surface area contributed by atoms with Crippen LogP contribution in [0.3, 0.4) is 0 Å². The Kier molecular flexibility index (Phi) is 5.80. The van der Waals surface area contributed by atoms with Crippen molar-refractivity contribution in [3.63, 3.8) is 0 Å². The summed E-state index contributed by atoms with van der Waals surface area (Å²) >= 11 is 0. The van der Waals surface area contributed by atoms with Gasteiger partial charge in [-0.2, -0.15) is 0 Å². The summed E-state index contributed by atoms with van der Waals surface area (Å²) in [6, 6.07) is 20.7. The van der Waals surface area contributed by atoms with E-state index in [9.17, 15) is 19.5 Å². The molecule has 0 saturated carbocycles. The number of nitrogens with one attached hydrogen (secondary N) is 1. The van der Waals surface area contributed by atoms with Gasteiger partial charge in [-0.15, -0.1) is 0 Å². The zero-order valence-corrected chi connectivity index (χ0v) is 16.7. The summed E-state index contributed by atoms with van der Waals surface area (Å²) in [5, 5.41) is 13.6. The zero-order chi connectivity index (χ0) is 21.8. The van der Waals surface area contributed by atoms with Crippen LogP contribution in [-0.2, 0) is 16.0 Å². The molecule has 1 amide bonds. The molecule has 31 heavy (non-hydrogen) atoms. The van der Waals surface area contributed by atoms with Gasteiger partial charge in [0.15, 0.2) is 5.78 Å². The molecule has 1 atom stereocenters. The van der Waals surface area contributed by atoms with Crippen LogP contribution >= 0.6 is 0 Å². The number of carboxylic acid groups (broad SMARTS) is 1. The standard InChI is InChI=1S/C25H21NO5/c27-21(17-11-12-23-19(14-17)18-8-4-5-9-22(18)31-23)15-20(25(29)30)26-24(28)13-10-16-6-2-1-3-7-16/h1-9,11-12,14,20H,10,13,15H2,(H,26,28)(H,29,30)/t20-/m0/s1. The van der Waals surface area contributed by atoms with E-state index in [0.29, 0.717) is 17.6 Å². The number of carbonyl (C=O) groups excluding carboxylic acids is 2. The Balaban J connectivity index is 1.45. The van der Waals surface area contributed by atoms with Gasteiger partial charge in [-0.1, -0.05) is 48.5 Å². The highest BCUT2D eigenvalue weighted by atomic mass is 16.4. The number of ketones is 1. The second kappa shape index (κ2) is 8.83. The highest BCUT2D eigenvalue weighted by Crippen LogP contribution is 2.29. The third-order valence-corrected chi connectivity index (χ3v) is 5.21. The smallest absolute Gasteiger partial charge is 0.326 e. The lowest BCUT2D eigenvalue weighted by atomic mass is 10.0. The topological polar surface area (TPSA) is 96.6 Å². The largest absolute Gasteiger partial charge is 0.480 e. The summed E-state index contributed by atoms with van der Waals surface area (Å²) in [7, 11) is 0. The second-order valence-corrected chi connectivity index (χ2v) is 7.38. The van der Waals surface area contributed by atoms with Gasteiger partial charge in [0, 0.05) is 29.2 Å². The summed E-state index contributed by atoms with van der Waals surface area (Å²) in [4.78, 5) is 36.7. The Labute approximate surface area is 178 Å². The van der Waals surface area contributed by atoms with Crippen molar-refractivity contribution in [3.05, 3.63) is 83.9 Å². The fraction of sp³-hybridized carbons (Fsp3) is 0.160. The number of rotatable bonds is 8. The molecule has 4 rings (SSSR count). The van der Waals surface area contributed by atoms with E-state index in [1.807, 2.05) is 54.6 Å². The van der Waals surface area contributed by atoms with Crippen molar-refractivity contribution in [2.75, 3.05) is 0 Å². The fourth-order valence-electron chi connectivity index (χ4n) is 3.57. The Morgan fingerprint density at radius 3 is 2.35 bits per heavy atom. The first-order chi connectivity index (χ1) is 15.0. The van der Waals surface area contributed by atoms with Crippen molar-refractivity contribution in [3.8, 4) is 0 Å². The molecule has 0 aliphatic heterocycles. The second-order valence-electron chi connectivity index (χ2n) is 7.38. The Bertz CT molecular complexity index is 1260. The average molecular weight is 415 g/mol. The van der Waals surface area contributed by atoms with Crippen LogP contribution < -0.4 is 5.32 Å². The predicted octanol–water partition coefficient (Wildman–Crippen LogP) is 4.36. The van der Waals surface area contributed by atoms with E-state index in [4.69, 9.17) is 4.42 Å². The molecule has 0 bridgehead atoms. The number of Topliss-reactive ketones (excluding diaryl/α,β-unsaturated/α-hetero) is 1. The van der Waals surface area contributed by atoms with Crippen LogP contribution in [0.4, 0.5) is 0 Å². The van der Waals surface area contributed by atoms with Crippen molar-refractivity contribution in [1.29, 1.82) is 0 Å². The minimum atomic E-state index is -1.28. The first-order valence-corrected chi connectivity index (χ1v) is 10.0. The van der Waals surface area contributed by atoms with Crippen molar-refractivity contribution in [2.24, 2.45) is 0 Å². The maximum absolute atomic E-state index is 12.8. The van der Waals surface area contributed by atoms with Crippen LogP contribution in [0.25, 0.3) is 21.9 Å². The third kappa shape index (κ3) is 4.64. The number of hydrogen-bond acceptors (Lipinski definition) is 4. The first-order valence-electron chi connectivity index (χ1n) is 10.0. The van der Waals surface area contributed by atoms with Crippen molar-refractivity contribution >= 4 is 39.6 Å². The van der Waals surface area contributed by atoms with Crippen LogP contribution in [0.2, 0.25) is 0 Å². The molecule has 0 fully saturated rings. The number of benzene rings is 3. The molecule has 6 nitrogen and oxygen atoms in total. The molecule has 1 heterocycles. The van der Waals surface area contributed by atoms with Crippen LogP contribution in [0.5, 0.6) is 0 Å². The monoisotopic (exact) mass is 415 g/mol. The zero-order valence-electron chi connectivity index (χ0n) is 16.7.